The molecule has 2 bridgehead atoms. The quantitative estimate of drug-likeness (QED) is 0.415. The van der Waals surface area contributed by atoms with Crippen molar-refractivity contribution in [2.45, 2.75) is 18.9 Å². The Kier molecular flexibility index (Phi) is 3.55. The third-order valence-corrected chi connectivity index (χ3v) is 2.98. The molecule has 0 aliphatic carbocycles. The summed E-state index contributed by atoms with van der Waals surface area (Å²) in [6, 6.07) is 7.86. The summed E-state index contributed by atoms with van der Waals surface area (Å²) in [5.41, 5.74) is 0. The fourth-order valence-electron chi connectivity index (χ4n) is 1.49. The van der Waals surface area contributed by atoms with Gasteiger partial charge in [-0.1, -0.05) is 6.07 Å². The molecule has 3 heterocycles. The Hall–Kier alpha value is -1.66. The van der Waals surface area contributed by atoms with E-state index in [4.69, 9.17) is 9.16 Å². The van der Waals surface area contributed by atoms with Crippen LogP contribution in [0.3, 0.4) is 0 Å². The molecule has 1 unspecified atom stereocenters. The number of ether oxygens (including phenoxy) is 2. The van der Waals surface area contributed by atoms with Crippen LogP contribution < -0.4 is 4.74 Å². The molecule has 17 heavy (non-hydrogen) atoms. The highest BCUT2D eigenvalue weighted by molar-refractivity contribution is 6.00. The van der Waals surface area contributed by atoms with Gasteiger partial charge in [0.15, 0.2) is 0 Å². The molecule has 0 saturated carbocycles. The Morgan fingerprint density at radius 2 is 1.88 bits per heavy atom. The van der Waals surface area contributed by atoms with Crippen molar-refractivity contribution in [1.29, 1.82) is 0 Å². The fraction of sp³-hybridized carbons (Fsp3) is 0.273. The van der Waals surface area contributed by atoms with E-state index in [-0.39, 0.29) is 0 Å². The van der Waals surface area contributed by atoms with Gasteiger partial charge in [0, 0.05) is 12.5 Å². The highest BCUT2D eigenvalue weighted by Gasteiger charge is 2.27. The van der Waals surface area contributed by atoms with Crippen LogP contribution in [0.4, 0.5) is 0 Å². The van der Waals surface area contributed by atoms with Crippen molar-refractivity contribution in [3.05, 3.63) is 24.3 Å². The summed E-state index contributed by atoms with van der Waals surface area (Å²) in [6.07, 6.45) is 0.282. The van der Waals surface area contributed by atoms with Gasteiger partial charge in [-0.15, -0.1) is 0 Å². The van der Waals surface area contributed by atoms with Gasteiger partial charge in [-0.05, 0) is 18.6 Å². The summed E-state index contributed by atoms with van der Waals surface area (Å²) in [7, 11) is 0.499. The van der Waals surface area contributed by atoms with Gasteiger partial charge in [0.2, 0.25) is 0 Å². The normalized spacial score (nSPS) is 20.6. The van der Waals surface area contributed by atoms with E-state index in [1.54, 1.807) is 0 Å². The first kappa shape index (κ1) is 11.8. The van der Waals surface area contributed by atoms with E-state index in [1.807, 2.05) is 24.3 Å². The summed E-state index contributed by atoms with van der Waals surface area (Å²) in [4.78, 5) is 21.1. The van der Waals surface area contributed by atoms with Gasteiger partial charge in [0.25, 0.3) is 0 Å². The summed E-state index contributed by atoms with van der Waals surface area (Å²) >= 11 is 0. The molecule has 0 amide bonds. The lowest BCUT2D eigenvalue weighted by atomic mass is 10.1. The number of cyclic esters (lactones) is 2. The molecule has 1 aromatic rings. The molecule has 0 aromatic heterocycles. The number of hydrogen-bond acceptors (Lipinski definition) is 5. The molecule has 0 radical (unpaired) electrons. The molecular weight excluding hydrogens is 240 g/mol. The minimum absolute atomic E-state index is 0.290. The third kappa shape index (κ3) is 2.92. The second kappa shape index (κ2) is 5.11. The Morgan fingerprint density at radius 3 is 2.24 bits per heavy atom. The molecule has 3 aliphatic heterocycles. The second-order valence-corrected chi connectivity index (χ2v) is 4.10. The van der Waals surface area contributed by atoms with Crippen molar-refractivity contribution in [3.63, 3.8) is 0 Å². The summed E-state index contributed by atoms with van der Waals surface area (Å²) in [5, 5.41) is 0. The van der Waals surface area contributed by atoms with Gasteiger partial charge in [0.05, 0.1) is 0 Å². The zero-order chi connectivity index (χ0) is 12.3. The molecule has 1 aromatic carbocycles. The van der Waals surface area contributed by atoms with Crippen molar-refractivity contribution in [2.75, 3.05) is 0 Å². The maximum Gasteiger partial charge on any atom is 0.341 e. The summed E-state index contributed by atoms with van der Waals surface area (Å²) in [5.74, 6) is 0.987. The van der Waals surface area contributed by atoms with E-state index >= 15 is 0 Å². The average Bonchev–Trinajstić information content (AvgIpc) is 2.30. The molecule has 5 nitrogen and oxygen atoms in total. The highest BCUT2D eigenvalue weighted by atomic mass is 28.2. The molecule has 6 heteroatoms. The standard InChI is InChI=1S/C6H4O.C5H8O4Si/c1-2-5-4-6(3-1)7-5;6-4-2-1-3(9-10)5(7)8-4/h1-4H;3H,1-2H2,10H3. The minimum Gasteiger partial charge on any atom is -0.457 e. The number of carbonyl (C=O) groups is 2. The molecule has 1 atom stereocenters. The van der Waals surface area contributed by atoms with Crippen LogP contribution in [0.2, 0.25) is 0 Å². The van der Waals surface area contributed by atoms with Crippen LogP contribution in [-0.4, -0.2) is 28.5 Å². The zero-order valence-corrected chi connectivity index (χ0v) is 11.3. The Labute approximate surface area is 101 Å². The monoisotopic (exact) mass is 252 g/mol. The van der Waals surface area contributed by atoms with Crippen LogP contribution in [0.25, 0.3) is 0 Å². The first-order valence-electron chi connectivity index (χ1n) is 5.24. The van der Waals surface area contributed by atoms with Crippen LogP contribution in [-0.2, 0) is 18.8 Å². The maximum atomic E-state index is 10.7. The number of benzene rings is 1. The lowest BCUT2D eigenvalue weighted by Gasteiger charge is -2.17. The molecular formula is C11H12O5Si. The fourth-order valence-corrected chi connectivity index (χ4v) is 1.92. The SMILES string of the molecule is O=C1CCC(O[SiH3])C(=O)O1.c1cc2cc(c1)O2. The summed E-state index contributed by atoms with van der Waals surface area (Å²) < 4.78 is 14.2. The van der Waals surface area contributed by atoms with Gasteiger partial charge in [-0.3, -0.25) is 4.79 Å². The maximum absolute atomic E-state index is 10.7. The zero-order valence-electron chi connectivity index (χ0n) is 9.34. The lowest BCUT2D eigenvalue weighted by molar-refractivity contribution is -0.170. The van der Waals surface area contributed by atoms with Crippen LogP contribution >= 0.6 is 0 Å². The molecule has 3 aliphatic rings. The molecule has 0 spiro atoms. The van der Waals surface area contributed by atoms with Crippen molar-refractivity contribution < 1.29 is 23.5 Å². The number of carbonyl (C=O) groups excluding carboxylic acids is 2. The van der Waals surface area contributed by atoms with E-state index in [2.05, 4.69) is 4.74 Å². The minimum atomic E-state index is -0.536. The highest BCUT2D eigenvalue weighted by Crippen LogP contribution is 2.32. The Morgan fingerprint density at radius 1 is 1.24 bits per heavy atom. The number of esters is 2. The third-order valence-electron chi connectivity index (χ3n) is 2.41. The van der Waals surface area contributed by atoms with Crippen LogP contribution in [0.5, 0.6) is 11.5 Å². The van der Waals surface area contributed by atoms with Crippen LogP contribution in [0.1, 0.15) is 12.8 Å². The Balaban J connectivity index is 0.000000134. The molecule has 1 fully saturated rings. The van der Waals surface area contributed by atoms with Crippen LogP contribution in [0.15, 0.2) is 24.3 Å². The molecule has 90 valence electrons. The molecule has 0 N–H and O–H groups in total. The van der Waals surface area contributed by atoms with E-state index in [0.717, 1.165) is 11.5 Å². The van der Waals surface area contributed by atoms with Crippen molar-refractivity contribution in [3.8, 4) is 11.5 Å². The molecule has 4 rings (SSSR count). The number of rotatable bonds is 1. The Bertz CT molecular complexity index is 420. The van der Waals surface area contributed by atoms with Gasteiger partial charge < -0.3 is 13.9 Å². The average molecular weight is 252 g/mol. The smallest absolute Gasteiger partial charge is 0.341 e. The molecule has 1 saturated heterocycles. The lowest BCUT2D eigenvalue weighted by Crippen LogP contribution is -2.33. The van der Waals surface area contributed by atoms with E-state index in [1.165, 1.54) is 0 Å². The first-order valence-corrected chi connectivity index (χ1v) is 6.06. The van der Waals surface area contributed by atoms with Gasteiger partial charge in [-0.25, -0.2) is 4.79 Å². The van der Waals surface area contributed by atoms with E-state index < -0.39 is 18.0 Å². The number of fused-ring (bicyclic) bond motifs is 2. The number of hydrogen-bond donors (Lipinski definition) is 0. The predicted molar refractivity (Wildman–Crippen MR) is 61.7 cm³/mol. The van der Waals surface area contributed by atoms with Crippen molar-refractivity contribution in [1.82, 2.24) is 0 Å². The van der Waals surface area contributed by atoms with Gasteiger partial charge >= 0.3 is 11.9 Å². The van der Waals surface area contributed by atoms with Gasteiger partial charge in [0.1, 0.15) is 28.1 Å². The second-order valence-electron chi connectivity index (χ2n) is 3.63. The first-order chi connectivity index (χ1) is 8.19. The predicted octanol–water partition coefficient (Wildman–Crippen LogP) is 0.308. The topological polar surface area (TPSA) is 61.8 Å². The largest absolute Gasteiger partial charge is 0.457 e. The van der Waals surface area contributed by atoms with Gasteiger partial charge in [-0.2, -0.15) is 0 Å². The van der Waals surface area contributed by atoms with E-state index in [9.17, 15) is 9.59 Å². The van der Waals surface area contributed by atoms with Crippen molar-refractivity contribution >= 4 is 22.4 Å². The van der Waals surface area contributed by atoms with Crippen LogP contribution in [0, 0.1) is 0 Å². The van der Waals surface area contributed by atoms with E-state index in [0.29, 0.717) is 23.3 Å². The summed E-state index contributed by atoms with van der Waals surface area (Å²) in [6.45, 7) is 0. The van der Waals surface area contributed by atoms with Crippen molar-refractivity contribution in [2.24, 2.45) is 0 Å².